The molecule has 13 heteroatoms. The SMILES string of the molecule is O=C(c1cc(C(F)(F)F)cc(C(F)(F)F)c1)N1CCCN(c2ccc(C(F)(F)F)cn2)CC1. The van der Waals surface area contributed by atoms with Gasteiger partial charge in [-0.25, -0.2) is 4.98 Å². The number of pyridine rings is 1. The lowest BCUT2D eigenvalue weighted by Crippen LogP contribution is -2.35. The summed E-state index contributed by atoms with van der Waals surface area (Å²) in [5.74, 6) is -0.801. The highest BCUT2D eigenvalue weighted by Gasteiger charge is 2.38. The number of amides is 1. The van der Waals surface area contributed by atoms with Crippen molar-refractivity contribution in [2.24, 2.45) is 0 Å². The van der Waals surface area contributed by atoms with Gasteiger partial charge in [0.15, 0.2) is 0 Å². The number of aromatic nitrogens is 1. The van der Waals surface area contributed by atoms with Gasteiger partial charge in [0.05, 0.1) is 16.7 Å². The third-order valence-electron chi connectivity index (χ3n) is 5.02. The number of carbonyl (C=O) groups excluding carboxylic acids is 1. The van der Waals surface area contributed by atoms with Gasteiger partial charge in [-0.05, 0) is 36.8 Å². The molecule has 33 heavy (non-hydrogen) atoms. The van der Waals surface area contributed by atoms with Crippen molar-refractivity contribution in [3.05, 3.63) is 58.8 Å². The van der Waals surface area contributed by atoms with E-state index in [-0.39, 0.29) is 44.5 Å². The first kappa shape index (κ1) is 24.6. The first-order valence-electron chi connectivity index (χ1n) is 9.53. The molecule has 1 aromatic heterocycles. The van der Waals surface area contributed by atoms with E-state index >= 15 is 0 Å². The summed E-state index contributed by atoms with van der Waals surface area (Å²) < 4.78 is 117. The molecule has 0 aliphatic carbocycles. The van der Waals surface area contributed by atoms with Crippen molar-refractivity contribution >= 4 is 11.7 Å². The zero-order valence-electron chi connectivity index (χ0n) is 16.7. The van der Waals surface area contributed by atoms with Gasteiger partial charge < -0.3 is 9.80 Å². The predicted octanol–water partition coefficient (Wildman–Crippen LogP) is 5.49. The summed E-state index contributed by atoms with van der Waals surface area (Å²) in [6, 6.07) is 2.69. The fraction of sp³-hybridized carbons (Fsp3) is 0.400. The van der Waals surface area contributed by atoms with Crippen LogP contribution in [0, 0.1) is 0 Å². The quantitative estimate of drug-likeness (QED) is 0.528. The average molecular weight is 485 g/mol. The fourth-order valence-electron chi connectivity index (χ4n) is 3.35. The van der Waals surface area contributed by atoms with Crippen LogP contribution in [-0.4, -0.2) is 42.0 Å². The minimum atomic E-state index is -5.08. The van der Waals surface area contributed by atoms with Crippen LogP contribution in [-0.2, 0) is 18.5 Å². The standard InChI is InChI=1S/C20H16F9N3O/c21-18(22,23)13-2-3-16(30-11-13)31-4-1-5-32(7-6-31)17(33)12-8-14(19(24,25)26)10-15(9-12)20(27,28)29/h2-3,8-11H,1,4-7H2. The second kappa shape index (κ2) is 8.75. The fourth-order valence-corrected chi connectivity index (χ4v) is 3.35. The predicted molar refractivity (Wildman–Crippen MR) is 98.4 cm³/mol. The largest absolute Gasteiger partial charge is 0.417 e. The molecule has 0 saturated carbocycles. The number of nitrogens with zero attached hydrogens (tertiary/aromatic N) is 3. The van der Waals surface area contributed by atoms with Crippen molar-refractivity contribution in [3.63, 3.8) is 0 Å². The first-order valence-corrected chi connectivity index (χ1v) is 9.53. The molecule has 4 nitrogen and oxygen atoms in total. The lowest BCUT2D eigenvalue weighted by molar-refractivity contribution is -0.143. The molecular weight excluding hydrogens is 469 g/mol. The molecule has 1 fully saturated rings. The van der Waals surface area contributed by atoms with Crippen LogP contribution in [0.1, 0.15) is 33.5 Å². The van der Waals surface area contributed by atoms with Crippen molar-refractivity contribution in [2.75, 3.05) is 31.1 Å². The Labute approximate surface area is 181 Å². The van der Waals surface area contributed by atoms with Crippen molar-refractivity contribution < 1.29 is 44.3 Å². The van der Waals surface area contributed by atoms with Crippen LogP contribution in [0.5, 0.6) is 0 Å². The summed E-state index contributed by atoms with van der Waals surface area (Å²) >= 11 is 0. The van der Waals surface area contributed by atoms with E-state index in [9.17, 15) is 44.3 Å². The Morgan fingerprint density at radius 1 is 0.727 bits per heavy atom. The molecule has 0 bridgehead atoms. The minimum Gasteiger partial charge on any atom is -0.355 e. The Hall–Kier alpha value is -2.99. The highest BCUT2D eigenvalue weighted by Crippen LogP contribution is 2.36. The van der Waals surface area contributed by atoms with Crippen LogP contribution in [0.15, 0.2) is 36.5 Å². The molecule has 3 rings (SSSR count). The Morgan fingerprint density at radius 3 is 1.79 bits per heavy atom. The van der Waals surface area contributed by atoms with E-state index in [2.05, 4.69) is 4.98 Å². The summed E-state index contributed by atoms with van der Waals surface area (Å²) in [7, 11) is 0. The number of hydrogen-bond acceptors (Lipinski definition) is 3. The van der Waals surface area contributed by atoms with E-state index in [1.54, 1.807) is 4.90 Å². The number of benzene rings is 1. The van der Waals surface area contributed by atoms with Crippen LogP contribution < -0.4 is 4.90 Å². The second-order valence-electron chi connectivity index (χ2n) is 7.33. The highest BCUT2D eigenvalue weighted by molar-refractivity contribution is 5.94. The molecular formula is C20H16F9N3O. The second-order valence-corrected chi connectivity index (χ2v) is 7.33. The molecule has 0 spiro atoms. The van der Waals surface area contributed by atoms with Crippen LogP contribution in [0.3, 0.4) is 0 Å². The molecule has 1 aromatic carbocycles. The van der Waals surface area contributed by atoms with Crippen LogP contribution in [0.4, 0.5) is 45.3 Å². The summed E-state index contributed by atoms with van der Waals surface area (Å²) in [4.78, 5) is 19.2. The molecule has 1 aliphatic rings. The molecule has 1 saturated heterocycles. The Morgan fingerprint density at radius 2 is 1.30 bits per heavy atom. The number of halogens is 9. The molecule has 0 atom stereocenters. The van der Waals surface area contributed by atoms with E-state index in [0.717, 1.165) is 17.0 Å². The third kappa shape index (κ3) is 5.88. The summed E-state index contributed by atoms with van der Waals surface area (Å²) in [5, 5.41) is 0. The van der Waals surface area contributed by atoms with E-state index in [1.807, 2.05) is 0 Å². The molecule has 180 valence electrons. The number of carbonyl (C=O) groups is 1. The summed E-state index contributed by atoms with van der Waals surface area (Å²) in [6.45, 7) is 0.320. The maximum absolute atomic E-state index is 13.1. The summed E-state index contributed by atoms with van der Waals surface area (Å²) in [5.41, 5.74) is -4.88. The molecule has 1 aliphatic heterocycles. The molecule has 1 amide bonds. The van der Waals surface area contributed by atoms with E-state index in [0.29, 0.717) is 18.3 Å². The molecule has 0 N–H and O–H groups in total. The first-order chi connectivity index (χ1) is 15.2. The molecule has 0 radical (unpaired) electrons. The monoisotopic (exact) mass is 485 g/mol. The van der Waals surface area contributed by atoms with Gasteiger partial charge in [0.1, 0.15) is 5.82 Å². The Kier molecular flexibility index (Phi) is 6.53. The lowest BCUT2D eigenvalue weighted by atomic mass is 10.0. The van der Waals surface area contributed by atoms with Gasteiger partial charge in [-0.3, -0.25) is 4.79 Å². The number of anilines is 1. The summed E-state index contributed by atoms with van der Waals surface area (Å²) in [6.07, 6.45) is -13.8. The number of rotatable bonds is 2. The normalized spacial score (nSPS) is 16.0. The maximum atomic E-state index is 13.1. The lowest BCUT2D eigenvalue weighted by Gasteiger charge is -2.23. The van der Waals surface area contributed by atoms with Gasteiger partial charge in [0.25, 0.3) is 5.91 Å². The molecule has 2 heterocycles. The zero-order valence-corrected chi connectivity index (χ0v) is 16.7. The number of hydrogen-bond donors (Lipinski definition) is 0. The van der Waals surface area contributed by atoms with Crippen molar-refractivity contribution in [1.82, 2.24) is 9.88 Å². The van der Waals surface area contributed by atoms with Crippen molar-refractivity contribution in [3.8, 4) is 0 Å². The maximum Gasteiger partial charge on any atom is 0.417 e. The van der Waals surface area contributed by atoms with Crippen molar-refractivity contribution in [1.29, 1.82) is 0 Å². The zero-order chi connectivity index (χ0) is 24.6. The Bertz CT molecular complexity index is 966. The average Bonchev–Trinajstić information content (AvgIpc) is 2.97. The van der Waals surface area contributed by atoms with Gasteiger partial charge in [-0.1, -0.05) is 0 Å². The van der Waals surface area contributed by atoms with Crippen LogP contribution in [0.2, 0.25) is 0 Å². The van der Waals surface area contributed by atoms with Crippen LogP contribution in [0.25, 0.3) is 0 Å². The van der Waals surface area contributed by atoms with E-state index < -0.39 is 46.7 Å². The van der Waals surface area contributed by atoms with E-state index in [1.165, 1.54) is 0 Å². The number of alkyl halides is 9. The Balaban J connectivity index is 1.79. The van der Waals surface area contributed by atoms with Crippen LogP contribution >= 0.6 is 0 Å². The topological polar surface area (TPSA) is 36.4 Å². The smallest absolute Gasteiger partial charge is 0.355 e. The van der Waals surface area contributed by atoms with Gasteiger partial charge in [-0.15, -0.1) is 0 Å². The van der Waals surface area contributed by atoms with Crippen molar-refractivity contribution in [2.45, 2.75) is 24.9 Å². The van der Waals surface area contributed by atoms with E-state index in [4.69, 9.17) is 0 Å². The van der Waals surface area contributed by atoms with Gasteiger partial charge in [-0.2, -0.15) is 39.5 Å². The minimum absolute atomic E-state index is 0.0353. The molecule has 0 unspecified atom stereocenters. The third-order valence-corrected chi connectivity index (χ3v) is 5.02. The van der Waals surface area contributed by atoms with Gasteiger partial charge >= 0.3 is 18.5 Å². The molecule has 2 aromatic rings. The van der Waals surface area contributed by atoms with Gasteiger partial charge in [0.2, 0.25) is 0 Å². The van der Waals surface area contributed by atoms with Gasteiger partial charge in [0, 0.05) is 37.9 Å². The highest BCUT2D eigenvalue weighted by atomic mass is 19.4.